The number of aryl methyl sites for hydroxylation is 1. The molecule has 0 unspecified atom stereocenters. The fourth-order valence-corrected chi connectivity index (χ4v) is 2.63. The summed E-state index contributed by atoms with van der Waals surface area (Å²) in [5.41, 5.74) is 10.1. The monoisotopic (exact) mass is 312 g/mol. The van der Waals surface area contributed by atoms with Gasteiger partial charge in [-0.25, -0.2) is 9.48 Å². The number of nitrogens with one attached hydrogen (secondary N) is 2. The second-order valence-corrected chi connectivity index (χ2v) is 5.75. The number of rotatable bonds is 3. The number of fused-ring (bicyclic) bond motifs is 1. The summed E-state index contributed by atoms with van der Waals surface area (Å²) in [7, 11) is 0. The quantitative estimate of drug-likeness (QED) is 0.853. The van der Waals surface area contributed by atoms with Gasteiger partial charge in [0.25, 0.3) is 0 Å². The van der Waals surface area contributed by atoms with E-state index in [1.165, 1.54) is 0 Å². The molecule has 0 saturated heterocycles. The van der Waals surface area contributed by atoms with Crippen molar-refractivity contribution in [3.8, 4) is 11.1 Å². The van der Waals surface area contributed by atoms with Gasteiger partial charge in [-0.3, -0.25) is 10.9 Å². The van der Waals surface area contributed by atoms with E-state index >= 15 is 0 Å². The first-order chi connectivity index (χ1) is 11.0. The zero-order chi connectivity index (χ0) is 16.6. The molecule has 1 aromatic carbocycles. The van der Waals surface area contributed by atoms with E-state index in [4.69, 9.17) is 4.74 Å². The number of benzene rings is 1. The van der Waals surface area contributed by atoms with Crippen molar-refractivity contribution in [2.45, 2.75) is 33.8 Å². The molecule has 2 heterocycles. The molecular formula is C17H20N4O2. The Hall–Kier alpha value is -2.76. The van der Waals surface area contributed by atoms with Gasteiger partial charge in [-0.1, -0.05) is 30.3 Å². The predicted octanol–water partition coefficient (Wildman–Crippen LogP) is 2.93. The standard InChI is InChI=1S/C17H20N4O2/c1-10(2)23-17(22)15-12(4)21-16(19-18-15)14(11(3)20-21)13-8-6-5-7-9-13/h5-10,18-19H,1-4H3. The number of hydrogen-bond donors (Lipinski definition) is 2. The van der Waals surface area contributed by atoms with E-state index in [0.29, 0.717) is 11.4 Å². The smallest absolute Gasteiger partial charge is 0.358 e. The van der Waals surface area contributed by atoms with E-state index in [0.717, 1.165) is 22.6 Å². The van der Waals surface area contributed by atoms with E-state index in [2.05, 4.69) is 16.0 Å². The minimum atomic E-state index is -0.398. The molecule has 0 bridgehead atoms. The maximum atomic E-state index is 12.2. The minimum absolute atomic E-state index is 0.176. The molecule has 0 spiro atoms. The van der Waals surface area contributed by atoms with Gasteiger partial charge in [0.1, 0.15) is 0 Å². The van der Waals surface area contributed by atoms with Crippen LogP contribution in [0.4, 0.5) is 5.82 Å². The number of hydrogen-bond acceptors (Lipinski definition) is 5. The van der Waals surface area contributed by atoms with Crippen LogP contribution in [0, 0.1) is 6.92 Å². The molecule has 23 heavy (non-hydrogen) atoms. The zero-order valence-electron chi connectivity index (χ0n) is 13.7. The summed E-state index contributed by atoms with van der Waals surface area (Å²) in [5.74, 6) is 0.414. The lowest BCUT2D eigenvalue weighted by Crippen LogP contribution is -2.35. The second kappa shape index (κ2) is 5.79. The number of ether oxygens (including phenoxy) is 1. The van der Waals surface area contributed by atoms with Crippen molar-refractivity contribution in [1.29, 1.82) is 0 Å². The molecule has 0 radical (unpaired) electrons. The number of anilines is 1. The second-order valence-electron chi connectivity index (χ2n) is 5.75. The van der Waals surface area contributed by atoms with Gasteiger partial charge in [0.15, 0.2) is 11.5 Å². The van der Waals surface area contributed by atoms with Crippen molar-refractivity contribution < 1.29 is 9.53 Å². The predicted molar refractivity (Wildman–Crippen MR) is 89.3 cm³/mol. The van der Waals surface area contributed by atoms with Crippen LogP contribution >= 0.6 is 0 Å². The summed E-state index contributed by atoms with van der Waals surface area (Å²) in [5, 5.41) is 4.57. The molecule has 120 valence electrons. The first kappa shape index (κ1) is 15.1. The lowest BCUT2D eigenvalue weighted by atomic mass is 10.1. The normalized spacial score (nSPS) is 13.4. The summed E-state index contributed by atoms with van der Waals surface area (Å²) in [6, 6.07) is 10.0. The molecular weight excluding hydrogens is 292 g/mol. The van der Waals surface area contributed by atoms with Crippen molar-refractivity contribution in [3.63, 3.8) is 0 Å². The molecule has 0 saturated carbocycles. The summed E-state index contributed by atoms with van der Waals surface area (Å²) >= 11 is 0. The highest BCUT2D eigenvalue weighted by molar-refractivity contribution is 5.96. The lowest BCUT2D eigenvalue weighted by molar-refractivity contribution is -0.143. The Morgan fingerprint density at radius 1 is 1.17 bits per heavy atom. The fraction of sp³-hybridized carbons (Fsp3) is 0.294. The third kappa shape index (κ3) is 2.67. The van der Waals surface area contributed by atoms with Gasteiger partial charge in [0.05, 0.1) is 17.5 Å². The van der Waals surface area contributed by atoms with Crippen molar-refractivity contribution in [3.05, 3.63) is 41.7 Å². The van der Waals surface area contributed by atoms with Crippen molar-refractivity contribution in [2.24, 2.45) is 0 Å². The van der Waals surface area contributed by atoms with Crippen LogP contribution in [-0.2, 0) is 9.53 Å². The molecule has 1 aliphatic rings. The highest BCUT2D eigenvalue weighted by atomic mass is 16.5. The zero-order valence-corrected chi connectivity index (χ0v) is 13.7. The Kier molecular flexibility index (Phi) is 3.82. The molecule has 6 heteroatoms. The van der Waals surface area contributed by atoms with E-state index in [1.807, 2.05) is 58.0 Å². The van der Waals surface area contributed by atoms with E-state index in [9.17, 15) is 4.79 Å². The van der Waals surface area contributed by atoms with Crippen LogP contribution in [0.5, 0.6) is 0 Å². The molecule has 0 atom stereocenters. The van der Waals surface area contributed by atoms with Crippen LogP contribution in [0.3, 0.4) is 0 Å². The number of carbonyl (C=O) groups excluding carboxylic acids is 1. The molecule has 2 aromatic rings. The molecule has 0 fully saturated rings. The number of carbonyl (C=O) groups is 1. The molecule has 1 aromatic heterocycles. The van der Waals surface area contributed by atoms with E-state index in [1.54, 1.807) is 4.68 Å². The van der Waals surface area contributed by atoms with Crippen molar-refractivity contribution >= 4 is 17.5 Å². The summed E-state index contributed by atoms with van der Waals surface area (Å²) in [4.78, 5) is 12.2. The van der Waals surface area contributed by atoms with Crippen LogP contribution in [0.2, 0.25) is 0 Å². The Balaban J connectivity index is 2.06. The number of allylic oxidation sites excluding steroid dienone is 1. The number of aromatic nitrogens is 2. The molecule has 3 rings (SSSR count). The van der Waals surface area contributed by atoms with E-state index < -0.39 is 5.97 Å². The SMILES string of the molecule is CC1=C(C(=O)OC(C)C)NNc2c(-c3ccccc3)c(C)nn21. The van der Waals surface area contributed by atoms with Gasteiger partial charge in [-0.2, -0.15) is 5.10 Å². The first-order valence-corrected chi connectivity index (χ1v) is 7.58. The van der Waals surface area contributed by atoms with Gasteiger partial charge in [-0.05, 0) is 33.3 Å². The minimum Gasteiger partial charge on any atom is -0.458 e. The Morgan fingerprint density at radius 3 is 2.52 bits per heavy atom. The molecule has 0 amide bonds. The van der Waals surface area contributed by atoms with Gasteiger partial charge in [0, 0.05) is 5.56 Å². The Bertz CT molecular complexity index is 775. The van der Waals surface area contributed by atoms with Gasteiger partial charge in [-0.15, -0.1) is 0 Å². The van der Waals surface area contributed by atoms with Crippen LogP contribution in [-0.4, -0.2) is 21.9 Å². The van der Waals surface area contributed by atoms with Gasteiger partial charge >= 0.3 is 5.97 Å². The number of esters is 1. The van der Waals surface area contributed by atoms with E-state index in [-0.39, 0.29) is 6.10 Å². The number of nitrogens with zero attached hydrogens (tertiary/aromatic N) is 2. The molecule has 2 N–H and O–H groups in total. The molecule has 1 aliphatic heterocycles. The van der Waals surface area contributed by atoms with Crippen molar-refractivity contribution in [1.82, 2.24) is 15.2 Å². The van der Waals surface area contributed by atoms with Crippen LogP contribution in [0.25, 0.3) is 16.8 Å². The highest BCUT2D eigenvalue weighted by Gasteiger charge is 2.27. The van der Waals surface area contributed by atoms with Gasteiger partial charge in [0.2, 0.25) is 0 Å². The van der Waals surface area contributed by atoms with Crippen LogP contribution in [0.15, 0.2) is 36.0 Å². The number of hydrazine groups is 1. The first-order valence-electron chi connectivity index (χ1n) is 7.58. The van der Waals surface area contributed by atoms with Gasteiger partial charge < -0.3 is 4.74 Å². The molecule has 6 nitrogen and oxygen atoms in total. The average molecular weight is 312 g/mol. The highest BCUT2D eigenvalue weighted by Crippen LogP contribution is 2.34. The summed E-state index contributed by atoms with van der Waals surface area (Å²) in [6.07, 6.45) is -0.176. The topological polar surface area (TPSA) is 68.2 Å². The maximum absolute atomic E-state index is 12.2. The third-order valence-corrected chi connectivity index (χ3v) is 3.66. The maximum Gasteiger partial charge on any atom is 0.358 e. The van der Waals surface area contributed by atoms with Crippen molar-refractivity contribution in [2.75, 3.05) is 5.43 Å². The third-order valence-electron chi connectivity index (χ3n) is 3.66. The average Bonchev–Trinajstić information content (AvgIpc) is 2.85. The lowest BCUT2D eigenvalue weighted by Gasteiger charge is -2.23. The fourth-order valence-electron chi connectivity index (χ4n) is 2.63. The molecule has 0 aliphatic carbocycles. The van der Waals surface area contributed by atoms with Crippen LogP contribution < -0.4 is 10.9 Å². The summed E-state index contributed by atoms with van der Waals surface area (Å²) in [6.45, 7) is 7.44. The Morgan fingerprint density at radius 2 is 1.87 bits per heavy atom. The largest absolute Gasteiger partial charge is 0.458 e. The Labute approximate surface area is 135 Å². The van der Waals surface area contributed by atoms with Crippen LogP contribution in [0.1, 0.15) is 26.5 Å². The summed E-state index contributed by atoms with van der Waals surface area (Å²) < 4.78 is 7.00.